The quantitative estimate of drug-likeness (QED) is 0.828. The third-order valence-corrected chi connectivity index (χ3v) is 2.84. The van der Waals surface area contributed by atoms with E-state index in [2.05, 4.69) is 32.7 Å². The van der Waals surface area contributed by atoms with Gasteiger partial charge in [0.05, 0.1) is 12.5 Å². The zero-order chi connectivity index (χ0) is 12.9. The monoisotopic (exact) mass is 238 g/mol. The van der Waals surface area contributed by atoms with E-state index in [-0.39, 0.29) is 0 Å². The van der Waals surface area contributed by atoms with Gasteiger partial charge in [-0.3, -0.25) is 0 Å². The van der Waals surface area contributed by atoms with E-state index in [1.807, 2.05) is 6.07 Å². The van der Waals surface area contributed by atoms with E-state index in [0.717, 1.165) is 19.6 Å². The molecule has 3 nitrogen and oxygen atoms in total. The van der Waals surface area contributed by atoms with Crippen LogP contribution in [-0.2, 0) is 6.54 Å². The van der Waals surface area contributed by atoms with Gasteiger partial charge in [0.25, 0.3) is 0 Å². The van der Waals surface area contributed by atoms with Gasteiger partial charge in [0.15, 0.2) is 0 Å². The average Bonchev–Trinajstić information content (AvgIpc) is 2.67. The van der Waals surface area contributed by atoms with Crippen molar-refractivity contribution in [1.29, 1.82) is 0 Å². The Bertz CT molecular complexity index is 301. The van der Waals surface area contributed by atoms with E-state index in [4.69, 9.17) is 10.2 Å². The minimum absolute atomic E-state index is 0.348. The molecule has 1 unspecified atom stereocenters. The number of nitrogens with two attached hydrogens (primary N) is 1. The topological polar surface area (TPSA) is 42.4 Å². The molecule has 3 heteroatoms. The van der Waals surface area contributed by atoms with Gasteiger partial charge in [-0.2, -0.15) is 0 Å². The molecule has 0 aromatic carbocycles. The molecule has 1 rings (SSSR count). The number of nitrogens with zero attached hydrogens (tertiary/aromatic N) is 1. The van der Waals surface area contributed by atoms with Gasteiger partial charge in [-0.15, -0.1) is 0 Å². The molecule has 1 heterocycles. The molecule has 0 aliphatic carbocycles. The Morgan fingerprint density at radius 1 is 1.41 bits per heavy atom. The SMILES string of the molecule is CN(Cc1ccoc1)CC(CN)CC(C)(C)C. The molecule has 0 saturated heterocycles. The Kier molecular flexibility index (Phi) is 5.22. The molecule has 0 fully saturated rings. The lowest BCUT2D eigenvalue weighted by Crippen LogP contribution is -2.32. The molecule has 0 radical (unpaired) electrons. The summed E-state index contributed by atoms with van der Waals surface area (Å²) in [5.41, 5.74) is 7.43. The van der Waals surface area contributed by atoms with Crippen LogP contribution in [-0.4, -0.2) is 25.0 Å². The second-order valence-electron chi connectivity index (χ2n) is 6.19. The third-order valence-electron chi connectivity index (χ3n) is 2.84. The van der Waals surface area contributed by atoms with E-state index in [1.54, 1.807) is 12.5 Å². The van der Waals surface area contributed by atoms with Crippen molar-refractivity contribution in [2.75, 3.05) is 20.1 Å². The number of furan rings is 1. The largest absolute Gasteiger partial charge is 0.472 e. The van der Waals surface area contributed by atoms with Crippen molar-refractivity contribution in [3.05, 3.63) is 24.2 Å². The summed E-state index contributed by atoms with van der Waals surface area (Å²) in [7, 11) is 2.14. The zero-order valence-electron chi connectivity index (χ0n) is 11.6. The fourth-order valence-electron chi connectivity index (χ4n) is 2.29. The first-order valence-corrected chi connectivity index (χ1v) is 6.30. The van der Waals surface area contributed by atoms with Crippen LogP contribution in [0.15, 0.2) is 23.0 Å². The fraction of sp³-hybridized carbons (Fsp3) is 0.714. The van der Waals surface area contributed by atoms with Gasteiger partial charge < -0.3 is 15.1 Å². The maximum atomic E-state index is 5.86. The zero-order valence-corrected chi connectivity index (χ0v) is 11.6. The molecule has 1 aromatic rings. The summed E-state index contributed by atoms with van der Waals surface area (Å²) in [6.07, 6.45) is 4.69. The Labute approximate surface area is 105 Å². The highest BCUT2D eigenvalue weighted by molar-refractivity contribution is 5.04. The minimum atomic E-state index is 0.348. The smallest absolute Gasteiger partial charge is 0.0947 e. The van der Waals surface area contributed by atoms with E-state index in [0.29, 0.717) is 11.3 Å². The van der Waals surface area contributed by atoms with Crippen LogP contribution in [0.3, 0.4) is 0 Å². The molecule has 0 amide bonds. The molecule has 0 saturated carbocycles. The molecule has 98 valence electrons. The van der Waals surface area contributed by atoms with Gasteiger partial charge in [0, 0.05) is 18.7 Å². The number of hydrogen-bond acceptors (Lipinski definition) is 3. The first kappa shape index (κ1) is 14.3. The lowest BCUT2D eigenvalue weighted by atomic mass is 9.84. The summed E-state index contributed by atoms with van der Waals surface area (Å²) >= 11 is 0. The summed E-state index contributed by atoms with van der Waals surface area (Å²) in [6.45, 7) is 9.53. The number of hydrogen-bond donors (Lipinski definition) is 1. The molecule has 2 N–H and O–H groups in total. The molecule has 0 bridgehead atoms. The van der Waals surface area contributed by atoms with Crippen LogP contribution in [0.25, 0.3) is 0 Å². The molecule has 1 aromatic heterocycles. The van der Waals surface area contributed by atoms with Crippen LogP contribution >= 0.6 is 0 Å². The van der Waals surface area contributed by atoms with Gasteiger partial charge in [-0.1, -0.05) is 20.8 Å². The third kappa shape index (κ3) is 5.89. The molecule has 17 heavy (non-hydrogen) atoms. The van der Waals surface area contributed by atoms with Gasteiger partial charge >= 0.3 is 0 Å². The van der Waals surface area contributed by atoms with Crippen molar-refractivity contribution in [3.63, 3.8) is 0 Å². The predicted molar refractivity (Wildman–Crippen MR) is 71.7 cm³/mol. The lowest BCUT2D eigenvalue weighted by molar-refractivity contribution is 0.216. The van der Waals surface area contributed by atoms with E-state index in [1.165, 1.54) is 12.0 Å². The van der Waals surface area contributed by atoms with Crippen molar-refractivity contribution in [3.8, 4) is 0 Å². The Morgan fingerprint density at radius 3 is 2.59 bits per heavy atom. The Morgan fingerprint density at radius 2 is 2.12 bits per heavy atom. The van der Waals surface area contributed by atoms with E-state index >= 15 is 0 Å². The molecule has 0 spiro atoms. The molecule has 0 aliphatic heterocycles. The maximum absolute atomic E-state index is 5.86. The molecular weight excluding hydrogens is 212 g/mol. The number of rotatable bonds is 6. The normalized spacial score (nSPS) is 14.2. The van der Waals surface area contributed by atoms with Crippen LogP contribution in [0.1, 0.15) is 32.8 Å². The van der Waals surface area contributed by atoms with Crippen molar-refractivity contribution < 1.29 is 4.42 Å². The summed E-state index contributed by atoms with van der Waals surface area (Å²) < 4.78 is 5.08. The lowest BCUT2D eigenvalue weighted by Gasteiger charge is -2.28. The van der Waals surface area contributed by atoms with Crippen LogP contribution in [0.2, 0.25) is 0 Å². The first-order valence-electron chi connectivity index (χ1n) is 6.30. The summed E-state index contributed by atoms with van der Waals surface area (Å²) in [4.78, 5) is 2.31. The summed E-state index contributed by atoms with van der Waals surface area (Å²) in [5, 5.41) is 0. The fourth-order valence-corrected chi connectivity index (χ4v) is 2.29. The summed E-state index contributed by atoms with van der Waals surface area (Å²) in [5.74, 6) is 0.562. The first-order chi connectivity index (χ1) is 7.90. The van der Waals surface area contributed by atoms with Gasteiger partial charge in [-0.05, 0) is 37.4 Å². The van der Waals surface area contributed by atoms with Crippen molar-refractivity contribution >= 4 is 0 Å². The predicted octanol–water partition coefficient (Wildman–Crippen LogP) is 2.72. The highest BCUT2D eigenvalue weighted by Gasteiger charge is 2.19. The van der Waals surface area contributed by atoms with Gasteiger partial charge in [-0.25, -0.2) is 0 Å². The molecular formula is C14H26N2O. The van der Waals surface area contributed by atoms with E-state index in [9.17, 15) is 0 Å². The molecule has 0 aliphatic rings. The summed E-state index contributed by atoms with van der Waals surface area (Å²) in [6, 6.07) is 2.01. The minimum Gasteiger partial charge on any atom is -0.472 e. The van der Waals surface area contributed by atoms with Crippen LogP contribution < -0.4 is 5.73 Å². The standard InChI is InChI=1S/C14H26N2O/c1-14(2,3)7-13(8-15)10-16(4)9-12-5-6-17-11-12/h5-6,11,13H,7-10,15H2,1-4H3. The highest BCUT2D eigenvalue weighted by Crippen LogP contribution is 2.24. The van der Waals surface area contributed by atoms with Crippen LogP contribution in [0, 0.1) is 11.3 Å². The van der Waals surface area contributed by atoms with Crippen LogP contribution in [0.4, 0.5) is 0 Å². The highest BCUT2D eigenvalue weighted by atomic mass is 16.3. The second-order valence-corrected chi connectivity index (χ2v) is 6.19. The van der Waals surface area contributed by atoms with E-state index < -0.39 is 0 Å². The average molecular weight is 238 g/mol. The van der Waals surface area contributed by atoms with Crippen molar-refractivity contribution in [2.24, 2.45) is 17.1 Å². The van der Waals surface area contributed by atoms with Crippen molar-refractivity contribution in [1.82, 2.24) is 4.90 Å². The Hall–Kier alpha value is -0.800. The van der Waals surface area contributed by atoms with Gasteiger partial charge in [0.2, 0.25) is 0 Å². The molecule has 1 atom stereocenters. The van der Waals surface area contributed by atoms with Crippen LogP contribution in [0.5, 0.6) is 0 Å². The Balaban J connectivity index is 2.40. The maximum Gasteiger partial charge on any atom is 0.0947 e. The second kappa shape index (κ2) is 6.22. The van der Waals surface area contributed by atoms with Gasteiger partial charge in [0.1, 0.15) is 0 Å². The van der Waals surface area contributed by atoms with Crippen molar-refractivity contribution in [2.45, 2.75) is 33.7 Å².